The van der Waals surface area contributed by atoms with Gasteiger partial charge in [-0.05, 0) is 44.4 Å². The highest BCUT2D eigenvalue weighted by Gasteiger charge is 2.09. The largest absolute Gasteiger partial charge is 0.325 e. The van der Waals surface area contributed by atoms with Crippen molar-refractivity contribution in [3.8, 4) is 5.82 Å². The number of aryl methyl sites for hydroxylation is 2. The number of aromatic nitrogens is 4. The molecule has 0 atom stereocenters. The number of amides is 1. The molecule has 2 heterocycles. The predicted octanol–water partition coefficient (Wildman–Crippen LogP) is 3.73. The molecule has 0 fully saturated rings. The van der Waals surface area contributed by atoms with Crippen molar-refractivity contribution in [3.05, 3.63) is 54.1 Å². The number of thioether (sulfide) groups is 2. The van der Waals surface area contributed by atoms with Gasteiger partial charge in [-0.2, -0.15) is 5.10 Å². The summed E-state index contributed by atoms with van der Waals surface area (Å²) in [6.45, 7) is 3.92. The van der Waals surface area contributed by atoms with Crippen LogP contribution in [0.5, 0.6) is 0 Å². The van der Waals surface area contributed by atoms with Crippen LogP contribution in [0.15, 0.2) is 52.6 Å². The summed E-state index contributed by atoms with van der Waals surface area (Å²) in [6.07, 6.45) is 3.50. The maximum Gasteiger partial charge on any atom is 0.234 e. The lowest BCUT2D eigenvalue weighted by molar-refractivity contribution is -0.113. The van der Waals surface area contributed by atoms with E-state index in [2.05, 4.69) is 20.4 Å². The molecule has 0 spiro atoms. The number of rotatable bonds is 6. The van der Waals surface area contributed by atoms with E-state index in [1.807, 2.05) is 56.5 Å². The van der Waals surface area contributed by atoms with Gasteiger partial charge in [0.05, 0.1) is 11.4 Å². The minimum Gasteiger partial charge on any atom is -0.325 e. The Balaban J connectivity index is 1.63. The van der Waals surface area contributed by atoms with E-state index in [1.54, 1.807) is 16.4 Å². The predicted molar refractivity (Wildman–Crippen MR) is 106 cm³/mol. The number of carbonyl (C=O) groups is 1. The van der Waals surface area contributed by atoms with Crippen LogP contribution < -0.4 is 5.32 Å². The van der Waals surface area contributed by atoms with Gasteiger partial charge in [-0.15, -0.1) is 11.8 Å². The fraction of sp³-hybridized carbons (Fsp3) is 0.222. The van der Waals surface area contributed by atoms with E-state index in [0.29, 0.717) is 5.82 Å². The summed E-state index contributed by atoms with van der Waals surface area (Å²) in [5.74, 6) is 0.901. The lowest BCUT2D eigenvalue weighted by Gasteiger charge is -2.07. The molecular weight excluding hydrogens is 366 g/mol. The van der Waals surface area contributed by atoms with Gasteiger partial charge >= 0.3 is 0 Å². The molecular formula is C18H19N5OS2. The first-order valence-corrected chi connectivity index (χ1v) is 10.2. The van der Waals surface area contributed by atoms with Gasteiger partial charge in [-0.3, -0.25) is 4.79 Å². The van der Waals surface area contributed by atoms with Gasteiger partial charge in [0.25, 0.3) is 0 Å². The van der Waals surface area contributed by atoms with Crippen LogP contribution in [0, 0.1) is 13.8 Å². The smallest absolute Gasteiger partial charge is 0.234 e. The Morgan fingerprint density at radius 1 is 1.19 bits per heavy atom. The van der Waals surface area contributed by atoms with E-state index in [1.165, 1.54) is 18.1 Å². The van der Waals surface area contributed by atoms with Gasteiger partial charge in [0.1, 0.15) is 11.4 Å². The number of hydrogen-bond donors (Lipinski definition) is 1. The molecule has 3 rings (SSSR count). The van der Waals surface area contributed by atoms with Crippen molar-refractivity contribution in [1.82, 2.24) is 19.7 Å². The summed E-state index contributed by atoms with van der Waals surface area (Å²) in [4.78, 5) is 21.8. The van der Waals surface area contributed by atoms with E-state index in [4.69, 9.17) is 0 Å². The summed E-state index contributed by atoms with van der Waals surface area (Å²) in [5.41, 5.74) is 2.74. The maximum atomic E-state index is 12.2. The number of carbonyl (C=O) groups excluding carboxylic acids is 1. The van der Waals surface area contributed by atoms with Gasteiger partial charge in [-0.1, -0.05) is 17.8 Å². The Hall–Kier alpha value is -2.32. The van der Waals surface area contributed by atoms with Crippen LogP contribution in [0.25, 0.3) is 5.82 Å². The Morgan fingerprint density at radius 2 is 2.04 bits per heavy atom. The molecule has 134 valence electrons. The van der Waals surface area contributed by atoms with Gasteiger partial charge in [-0.25, -0.2) is 14.6 Å². The van der Waals surface area contributed by atoms with Crippen LogP contribution in [-0.4, -0.2) is 37.7 Å². The number of benzene rings is 1. The fourth-order valence-electron chi connectivity index (χ4n) is 2.42. The fourth-order valence-corrected chi connectivity index (χ4v) is 3.54. The van der Waals surface area contributed by atoms with Crippen molar-refractivity contribution in [2.24, 2.45) is 0 Å². The van der Waals surface area contributed by atoms with Crippen molar-refractivity contribution >= 4 is 35.1 Å². The molecule has 0 saturated carbocycles. The van der Waals surface area contributed by atoms with Crippen LogP contribution in [0.3, 0.4) is 0 Å². The zero-order chi connectivity index (χ0) is 18.5. The molecule has 0 saturated heterocycles. The van der Waals surface area contributed by atoms with Gasteiger partial charge in [0, 0.05) is 22.3 Å². The van der Waals surface area contributed by atoms with Crippen molar-refractivity contribution in [3.63, 3.8) is 0 Å². The van der Waals surface area contributed by atoms with E-state index in [0.717, 1.165) is 27.0 Å². The van der Waals surface area contributed by atoms with E-state index in [9.17, 15) is 4.79 Å². The lowest BCUT2D eigenvalue weighted by atomic mass is 10.3. The van der Waals surface area contributed by atoms with Crippen molar-refractivity contribution in [2.75, 3.05) is 17.3 Å². The molecule has 0 aliphatic heterocycles. The topological polar surface area (TPSA) is 72.7 Å². The van der Waals surface area contributed by atoms with Gasteiger partial charge < -0.3 is 5.32 Å². The van der Waals surface area contributed by atoms with E-state index < -0.39 is 0 Å². The molecule has 0 aliphatic rings. The van der Waals surface area contributed by atoms with Crippen molar-refractivity contribution < 1.29 is 4.79 Å². The molecule has 0 unspecified atom stereocenters. The molecule has 1 N–H and O–H groups in total. The molecule has 3 aromatic rings. The Morgan fingerprint density at radius 3 is 2.77 bits per heavy atom. The SMILES string of the molecule is CSc1cccc(NC(=O)CSc2cc(-n3nc(C)cc3C)ncn2)c1. The van der Waals surface area contributed by atoms with Crippen LogP contribution >= 0.6 is 23.5 Å². The quantitative estimate of drug-likeness (QED) is 0.515. The standard InChI is InChI=1S/C18H19N5OS2/c1-12-7-13(2)23(22-12)16-9-18(20-11-19-16)26-10-17(24)21-14-5-4-6-15(8-14)25-3/h4-9,11H,10H2,1-3H3,(H,21,24). The molecule has 2 aromatic heterocycles. The highest BCUT2D eigenvalue weighted by molar-refractivity contribution is 8.00. The maximum absolute atomic E-state index is 12.2. The molecule has 0 radical (unpaired) electrons. The second-order valence-corrected chi connectivity index (χ2v) is 7.50. The second kappa shape index (κ2) is 8.37. The number of nitrogens with one attached hydrogen (secondary N) is 1. The zero-order valence-corrected chi connectivity index (χ0v) is 16.4. The third-order valence-corrected chi connectivity index (χ3v) is 5.21. The van der Waals surface area contributed by atoms with Crippen molar-refractivity contribution in [2.45, 2.75) is 23.8 Å². The van der Waals surface area contributed by atoms with Crippen molar-refractivity contribution in [1.29, 1.82) is 0 Å². The van der Waals surface area contributed by atoms with Crippen LogP contribution in [0.2, 0.25) is 0 Å². The lowest BCUT2D eigenvalue weighted by Crippen LogP contribution is -2.14. The first-order chi connectivity index (χ1) is 12.5. The average Bonchev–Trinajstić information content (AvgIpc) is 2.98. The molecule has 1 amide bonds. The molecule has 8 heteroatoms. The molecule has 0 aliphatic carbocycles. The normalized spacial score (nSPS) is 10.7. The minimum atomic E-state index is -0.0699. The molecule has 1 aromatic carbocycles. The van der Waals surface area contributed by atoms with E-state index in [-0.39, 0.29) is 11.7 Å². The average molecular weight is 386 g/mol. The van der Waals surface area contributed by atoms with Crippen LogP contribution in [0.4, 0.5) is 5.69 Å². The highest BCUT2D eigenvalue weighted by Crippen LogP contribution is 2.21. The van der Waals surface area contributed by atoms with Crippen LogP contribution in [0.1, 0.15) is 11.4 Å². The third kappa shape index (κ3) is 4.64. The number of anilines is 1. The zero-order valence-electron chi connectivity index (χ0n) is 14.8. The Kier molecular flexibility index (Phi) is 5.95. The van der Waals surface area contributed by atoms with Gasteiger partial charge in [0.2, 0.25) is 5.91 Å². The summed E-state index contributed by atoms with van der Waals surface area (Å²) in [6, 6.07) is 11.6. The van der Waals surface area contributed by atoms with Crippen LogP contribution in [-0.2, 0) is 4.79 Å². The summed E-state index contributed by atoms with van der Waals surface area (Å²) in [5, 5.41) is 8.07. The Bertz CT molecular complexity index is 925. The first-order valence-electron chi connectivity index (χ1n) is 7.97. The monoisotopic (exact) mass is 385 g/mol. The first kappa shape index (κ1) is 18.5. The highest BCUT2D eigenvalue weighted by atomic mass is 32.2. The number of nitrogens with zero attached hydrogens (tertiary/aromatic N) is 4. The number of hydrogen-bond acceptors (Lipinski definition) is 6. The Labute approximate surface area is 160 Å². The molecule has 6 nitrogen and oxygen atoms in total. The second-order valence-electron chi connectivity index (χ2n) is 5.62. The third-order valence-electron chi connectivity index (χ3n) is 3.56. The minimum absolute atomic E-state index is 0.0699. The molecule has 0 bridgehead atoms. The van der Waals surface area contributed by atoms with E-state index >= 15 is 0 Å². The summed E-state index contributed by atoms with van der Waals surface area (Å²) >= 11 is 3.01. The van der Waals surface area contributed by atoms with Gasteiger partial charge in [0.15, 0.2) is 5.82 Å². The summed E-state index contributed by atoms with van der Waals surface area (Å²) in [7, 11) is 0. The summed E-state index contributed by atoms with van der Waals surface area (Å²) < 4.78 is 1.77. The molecule has 26 heavy (non-hydrogen) atoms.